The van der Waals surface area contributed by atoms with Crippen LogP contribution in [0.5, 0.6) is 5.75 Å². The number of carbonyl (C=O) groups is 4. The highest BCUT2D eigenvalue weighted by Crippen LogP contribution is 2.40. The van der Waals surface area contributed by atoms with Crippen LogP contribution in [0.15, 0.2) is 71.6 Å². The number of thioether (sulfide) groups is 1. The first-order valence-corrected chi connectivity index (χ1v) is 13.5. The Hall–Kier alpha value is -4.37. The molecule has 0 radical (unpaired) electrons. The van der Waals surface area contributed by atoms with E-state index in [1.165, 1.54) is 16.7 Å². The highest BCUT2D eigenvalue weighted by Gasteiger charge is 2.50. The fraction of sp³-hybridized carbons (Fsp3) is 0.296. The number of carboxylic acid groups (broad SMARTS) is 2. The number of nitrogens with two attached hydrogens (primary N) is 1. The summed E-state index contributed by atoms with van der Waals surface area (Å²) in [6.07, 6.45) is -1.08. The molecule has 222 valence electrons. The molecule has 2 amide bonds. The Kier molecular flexibility index (Phi) is 8.92. The molecule has 0 aliphatic carbocycles. The Labute approximate surface area is 241 Å². The maximum absolute atomic E-state index is 13.2. The van der Waals surface area contributed by atoms with Crippen molar-refractivity contribution in [2.75, 3.05) is 12.3 Å². The standard InChI is InChI=1S/C25H24N4O5S.C2HF3O2/c26-20-23(32)29-21(25(33)34)17(14-35-24(20)29)11-16-7-9-28(22(16)31)13-18-5-1-2-8-27(18)12-15-4-3-6-19(30)10-15;3-2(4,5)1(6)7/h1-6,8,10-11,20,24H,7,9,12-14,26H2,(H-,30,33,34);(H,6,7)/b16-11+;/t20-,24-;/m1./s1. The maximum atomic E-state index is 13.2. The number of fused-ring (bicyclic) bond motifs is 1. The van der Waals surface area contributed by atoms with Gasteiger partial charge in [0, 0.05) is 35.6 Å². The summed E-state index contributed by atoms with van der Waals surface area (Å²) >= 11 is 1.39. The molecule has 0 saturated carbocycles. The number of halogens is 3. The number of rotatable bonds is 6. The van der Waals surface area contributed by atoms with Gasteiger partial charge in [-0.25, -0.2) is 4.79 Å². The van der Waals surface area contributed by atoms with Crippen LogP contribution in [0.25, 0.3) is 0 Å². The van der Waals surface area contributed by atoms with E-state index >= 15 is 0 Å². The first kappa shape index (κ1) is 30.6. The van der Waals surface area contributed by atoms with E-state index < -0.39 is 35.4 Å². The number of phenolic OH excluding ortho intramolecular Hbond substituents is 1. The summed E-state index contributed by atoms with van der Waals surface area (Å²) in [7, 11) is 0. The molecule has 2 saturated heterocycles. The summed E-state index contributed by atoms with van der Waals surface area (Å²) in [6, 6.07) is 12.1. The number of amides is 2. The van der Waals surface area contributed by atoms with Crippen molar-refractivity contribution >= 4 is 35.5 Å². The predicted molar refractivity (Wildman–Crippen MR) is 139 cm³/mol. The highest BCUT2D eigenvalue weighted by atomic mass is 32.2. The number of carboxylic acids is 2. The van der Waals surface area contributed by atoms with Crippen LogP contribution in [0.2, 0.25) is 0 Å². The van der Waals surface area contributed by atoms with Gasteiger partial charge in [-0.1, -0.05) is 18.2 Å². The smallest absolute Gasteiger partial charge is 0.490 e. The Morgan fingerprint density at radius 1 is 1.19 bits per heavy atom. The first-order valence-electron chi connectivity index (χ1n) is 12.5. The van der Waals surface area contributed by atoms with Crippen molar-refractivity contribution in [3.63, 3.8) is 0 Å². The molecule has 0 bridgehead atoms. The number of nitrogens with zero attached hydrogens (tertiary/aromatic N) is 3. The van der Waals surface area contributed by atoms with Gasteiger partial charge in [-0.15, -0.1) is 11.8 Å². The summed E-state index contributed by atoms with van der Waals surface area (Å²) in [4.78, 5) is 48.9. The molecule has 0 spiro atoms. The van der Waals surface area contributed by atoms with Crippen molar-refractivity contribution < 1.29 is 52.2 Å². The minimum absolute atomic E-state index is 0.165. The number of pyridine rings is 1. The Morgan fingerprint density at radius 3 is 2.55 bits per heavy atom. The number of aliphatic carboxylic acids is 2. The van der Waals surface area contributed by atoms with E-state index in [-0.39, 0.29) is 17.4 Å². The van der Waals surface area contributed by atoms with E-state index in [0.717, 1.165) is 11.3 Å². The number of phenols is 1. The lowest BCUT2D eigenvalue weighted by Gasteiger charge is -2.49. The molecule has 11 nitrogen and oxygen atoms in total. The van der Waals surface area contributed by atoms with Gasteiger partial charge in [0.2, 0.25) is 17.5 Å². The molecule has 2 atom stereocenters. The second-order valence-electron chi connectivity index (χ2n) is 9.54. The zero-order chi connectivity index (χ0) is 30.8. The van der Waals surface area contributed by atoms with Gasteiger partial charge >= 0.3 is 12.1 Å². The predicted octanol–water partition coefficient (Wildman–Crippen LogP) is 0.266. The molecule has 3 aliphatic heterocycles. The number of allylic oxidation sites excluding steroid dienone is 1. The highest BCUT2D eigenvalue weighted by molar-refractivity contribution is 8.00. The number of hydrogen-bond acceptors (Lipinski definition) is 8. The number of alkyl halides is 3. The van der Waals surface area contributed by atoms with E-state index in [2.05, 4.69) is 0 Å². The molecule has 4 N–H and O–H groups in total. The topological polar surface area (TPSA) is 168 Å². The number of aromatic hydroxyl groups is 1. The first-order chi connectivity index (χ1) is 19.8. The third kappa shape index (κ3) is 6.57. The average Bonchev–Trinajstić information content (AvgIpc) is 3.27. The number of carbonyl (C=O) groups excluding carboxylic acids is 3. The lowest BCUT2D eigenvalue weighted by atomic mass is 10.0. The van der Waals surface area contributed by atoms with Crippen molar-refractivity contribution in [2.24, 2.45) is 5.73 Å². The minimum Gasteiger partial charge on any atom is -0.543 e. The van der Waals surface area contributed by atoms with Gasteiger partial charge in [0.25, 0.3) is 0 Å². The molecule has 1 aromatic carbocycles. The summed E-state index contributed by atoms with van der Waals surface area (Å²) in [6.45, 7) is 1.43. The summed E-state index contributed by atoms with van der Waals surface area (Å²) in [5.41, 5.74) is 8.37. The second-order valence-corrected chi connectivity index (χ2v) is 10.6. The van der Waals surface area contributed by atoms with Crippen molar-refractivity contribution in [1.29, 1.82) is 0 Å². The average molecular weight is 607 g/mol. The molecule has 1 aromatic heterocycles. The van der Waals surface area contributed by atoms with Crippen molar-refractivity contribution in [1.82, 2.24) is 9.80 Å². The molecule has 4 heterocycles. The number of β-lactam (4-membered cyclic amide) rings is 1. The number of aromatic nitrogens is 1. The summed E-state index contributed by atoms with van der Waals surface area (Å²) < 4.78 is 33.8. The molecular weight excluding hydrogens is 581 g/mol. The fourth-order valence-corrected chi connectivity index (χ4v) is 5.91. The Balaban J connectivity index is 0.000000517. The lowest BCUT2D eigenvalue weighted by molar-refractivity contribution is -0.696. The maximum Gasteiger partial charge on any atom is 0.490 e. The van der Waals surface area contributed by atoms with Crippen molar-refractivity contribution in [3.8, 4) is 5.75 Å². The lowest BCUT2D eigenvalue weighted by Crippen LogP contribution is -2.69. The van der Waals surface area contributed by atoms with Gasteiger partial charge in [-0.3, -0.25) is 14.5 Å². The van der Waals surface area contributed by atoms with Gasteiger partial charge in [-0.2, -0.15) is 17.7 Å². The SMILES string of the molecule is N[C@@H]1C(=O)N2C(C(=O)[O-])=C(/C=C3\CCN(Cc4cccc[n+]4Cc4cccc(O)c4)C3=O)CS[C@H]12.O=C(O)C(F)(F)F. The van der Waals surface area contributed by atoms with E-state index in [1.54, 1.807) is 29.2 Å². The van der Waals surface area contributed by atoms with Gasteiger partial charge in [0.05, 0.1) is 11.7 Å². The van der Waals surface area contributed by atoms with Gasteiger partial charge in [0.1, 0.15) is 23.7 Å². The molecule has 2 fully saturated rings. The van der Waals surface area contributed by atoms with Crippen LogP contribution in [-0.2, 0) is 32.3 Å². The van der Waals surface area contributed by atoms with Gasteiger partial charge in [-0.05, 0) is 30.2 Å². The fourth-order valence-electron chi connectivity index (χ4n) is 4.66. The third-order valence-electron chi connectivity index (χ3n) is 6.69. The van der Waals surface area contributed by atoms with Crippen LogP contribution in [0.4, 0.5) is 13.2 Å². The van der Waals surface area contributed by atoms with Crippen LogP contribution in [0, 0.1) is 0 Å². The van der Waals surface area contributed by atoms with Crippen molar-refractivity contribution in [3.05, 3.63) is 82.8 Å². The quantitative estimate of drug-likeness (QED) is 0.237. The second kappa shape index (κ2) is 12.2. The Bertz CT molecular complexity index is 1490. The minimum atomic E-state index is -5.08. The van der Waals surface area contributed by atoms with E-state index in [9.17, 15) is 37.8 Å². The van der Waals surface area contributed by atoms with Gasteiger partial charge < -0.3 is 30.7 Å². The normalized spacial score (nSPS) is 21.1. The van der Waals surface area contributed by atoms with E-state index in [0.29, 0.717) is 43.0 Å². The van der Waals surface area contributed by atoms with E-state index in [4.69, 9.17) is 15.6 Å². The van der Waals surface area contributed by atoms with Gasteiger partial charge in [0.15, 0.2) is 12.7 Å². The summed E-state index contributed by atoms with van der Waals surface area (Å²) in [5.74, 6) is -4.28. The van der Waals surface area contributed by atoms with Crippen molar-refractivity contribution in [2.45, 2.75) is 37.1 Å². The molecule has 3 aliphatic rings. The van der Waals surface area contributed by atoms with Crippen LogP contribution in [-0.4, -0.2) is 73.7 Å². The largest absolute Gasteiger partial charge is 0.543 e. The van der Waals surface area contributed by atoms with Crippen LogP contribution < -0.4 is 15.4 Å². The number of hydrogen-bond donors (Lipinski definition) is 3. The van der Waals surface area contributed by atoms with Crippen LogP contribution in [0.3, 0.4) is 0 Å². The van der Waals surface area contributed by atoms with E-state index in [1.807, 2.05) is 35.0 Å². The Morgan fingerprint density at radius 2 is 1.90 bits per heavy atom. The molecule has 42 heavy (non-hydrogen) atoms. The number of likely N-dealkylation sites (tertiary alicyclic amines) is 1. The van der Waals surface area contributed by atoms with Crippen LogP contribution >= 0.6 is 11.8 Å². The molecule has 0 unspecified atom stereocenters. The summed E-state index contributed by atoms with van der Waals surface area (Å²) in [5, 5.41) is 28.3. The zero-order valence-corrected chi connectivity index (χ0v) is 22.6. The molecule has 2 aromatic rings. The monoisotopic (exact) mass is 606 g/mol. The number of benzene rings is 1. The zero-order valence-electron chi connectivity index (χ0n) is 21.8. The third-order valence-corrected chi connectivity index (χ3v) is 8.01. The molecule has 5 rings (SSSR count). The molecule has 15 heteroatoms. The molecular formula is C27H25F3N4O7S. The van der Waals surface area contributed by atoms with Crippen LogP contribution in [0.1, 0.15) is 17.7 Å².